The first-order valence-corrected chi connectivity index (χ1v) is 21.6. The number of phosphoric ester groups is 1. The van der Waals surface area contributed by atoms with Crippen molar-refractivity contribution in [3.05, 3.63) is 12.2 Å². The first kappa shape index (κ1) is 47.8. The molecule has 49 heavy (non-hydrogen) atoms. The molecule has 0 aliphatic heterocycles. The van der Waals surface area contributed by atoms with E-state index in [9.17, 15) is 19.0 Å². The van der Waals surface area contributed by atoms with Gasteiger partial charge in [-0.1, -0.05) is 154 Å². The Morgan fingerprint density at radius 1 is 0.592 bits per heavy atom. The van der Waals surface area contributed by atoms with Crippen LogP contribution in [0.2, 0.25) is 0 Å². The fraction of sp³-hybridized carbons (Fsp3) is 0.897. The van der Waals surface area contributed by atoms with Gasteiger partial charge in [-0.15, -0.1) is 0 Å². The number of rotatable bonds is 38. The van der Waals surface area contributed by atoms with Gasteiger partial charge >= 0.3 is 11.9 Å². The molecule has 0 heterocycles. The van der Waals surface area contributed by atoms with Gasteiger partial charge in [-0.3, -0.25) is 14.2 Å². The molecular formula is C39H75NO8P-. The molecule has 1 unspecified atom stereocenters. The number of esters is 2. The number of unbranched alkanes of at least 4 members (excludes halogenated alkanes) is 23. The Kier molecular flexibility index (Phi) is 35.6. The van der Waals surface area contributed by atoms with E-state index in [1.807, 2.05) is 0 Å². The Hall–Kier alpha value is -1.25. The summed E-state index contributed by atoms with van der Waals surface area (Å²) in [7, 11) is -4.62. The van der Waals surface area contributed by atoms with Gasteiger partial charge in [0.25, 0.3) is 7.82 Å². The Morgan fingerprint density at radius 3 is 1.45 bits per heavy atom. The van der Waals surface area contributed by atoms with E-state index < -0.39 is 32.5 Å². The monoisotopic (exact) mass is 717 g/mol. The minimum atomic E-state index is -4.62. The molecule has 290 valence electrons. The van der Waals surface area contributed by atoms with Crippen molar-refractivity contribution in [3.8, 4) is 0 Å². The lowest BCUT2D eigenvalue weighted by Gasteiger charge is -2.25. The van der Waals surface area contributed by atoms with Crippen molar-refractivity contribution in [3.63, 3.8) is 0 Å². The summed E-state index contributed by atoms with van der Waals surface area (Å²) in [6, 6.07) is 0. The predicted molar refractivity (Wildman–Crippen MR) is 199 cm³/mol. The molecule has 0 aromatic rings. The van der Waals surface area contributed by atoms with E-state index in [1.54, 1.807) is 0 Å². The van der Waals surface area contributed by atoms with E-state index in [0.29, 0.717) is 6.42 Å². The maximum atomic E-state index is 12.5. The summed E-state index contributed by atoms with van der Waals surface area (Å²) >= 11 is 0. The zero-order valence-electron chi connectivity index (χ0n) is 31.7. The highest BCUT2D eigenvalue weighted by atomic mass is 31.2. The van der Waals surface area contributed by atoms with Crippen molar-refractivity contribution in [2.24, 2.45) is 5.73 Å². The van der Waals surface area contributed by atoms with Crippen LogP contribution in [0.3, 0.4) is 0 Å². The summed E-state index contributed by atoms with van der Waals surface area (Å²) in [4.78, 5) is 36.8. The van der Waals surface area contributed by atoms with Crippen LogP contribution in [-0.4, -0.2) is 44.4 Å². The molecule has 0 bridgehead atoms. The fourth-order valence-corrected chi connectivity index (χ4v) is 6.37. The average Bonchev–Trinajstić information content (AvgIpc) is 3.08. The Balaban J connectivity index is 4.19. The van der Waals surface area contributed by atoms with Gasteiger partial charge < -0.3 is 29.1 Å². The van der Waals surface area contributed by atoms with Gasteiger partial charge in [-0.25, -0.2) is 0 Å². The summed E-state index contributed by atoms with van der Waals surface area (Å²) in [6.07, 6.45) is 35.0. The molecule has 0 amide bonds. The molecule has 0 aliphatic rings. The van der Waals surface area contributed by atoms with Crippen molar-refractivity contribution >= 4 is 19.8 Å². The maximum Gasteiger partial charge on any atom is 0.306 e. The summed E-state index contributed by atoms with van der Waals surface area (Å²) in [6.45, 7) is 3.53. The number of nitrogens with two attached hydrogens (primary N) is 1. The summed E-state index contributed by atoms with van der Waals surface area (Å²) in [5.41, 5.74) is 5.31. The molecule has 0 fully saturated rings. The molecule has 0 saturated carbocycles. The highest BCUT2D eigenvalue weighted by Crippen LogP contribution is 2.38. The van der Waals surface area contributed by atoms with Crippen molar-refractivity contribution in [1.82, 2.24) is 0 Å². The van der Waals surface area contributed by atoms with Crippen molar-refractivity contribution in [2.45, 2.75) is 200 Å². The van der Waals surface area contributed by atoms with Crippen LogP contribution in [0, 0.1) is 0 Å². The highest BCUT2D eigenvalue weighted by Gasteiger charge is 2.21. The summed E-state index contributed by atoms with van der Waals surface area (Å²) in [5.74, 6) is -0.867. The minimum absolute atomic E-state index is 0.0146. The van der Waals surface area contributed by atoms with E-state index >= 15 is 0 Å². The Morgan fingerprint density at radius 2 is 1.00 bits per heavy atom. The van der Waals surface area contributed by atoms with E-state index in [0.717, 1.165) is 51.4 Å². The lowest BCUT2D eigenvalue weighted by atomic mass is 10.0. The third-order valence-corrected chi connectivity index (χ3v) is 9.61. The third-order valence-electron chi connectivity index (χ3n) is 8.64. The molecule has 0 rings (SSSR count). The number of hydrogen-bond acceptors (Lipinski definition) is 9. The van der Waals surface area contributed by atoms with Gasteiger partial charge in [-0.2, -0.15) is 0 Å². The number of hydrogen-bond donors (Lipinski definition) is 1. The molecule has 0 saturated heterocycles. The zero-order chi connectivity index (χ0) is 36.1. The molecule has 9 nitrogen and oxygen atoms in total. The van der Waals surface area contributed by atoms with Crippen LogP contribution >= 0.6 is 7.82 Å². The topological polar surface area (TPSA) is 137 Å². The number of ether oxygens (including phenoxy) is 2. The maximum absolute atomic E-state index is 12.5. The second-order valence-corrected chi connectivity index (χ2v) is 14.9. The smallest absolute Gasteiger partial charge is 0.306 e. The van der Waals surface area contributed by atoms with E-state index in [1.165, 1.54) is 109 Å². The standard InChI is InChI=1S/C39H76NO8P/c1-3-5-7-9-11-13-15-17-18-20-22-24-26-28-30-32-39(42)48-37(36-47-49(43,44)46-34-33-40)35-45-38(41)31-29-27-25-23-21-19-16-14-12-10-8-6-4-2/h17-18,37H,3-16,19-36,40H2,1-2H3,(H,43,44)/p-1/b18-17-/t37-/m0/s1. The molecule has 2 N–H and O–H groups in total. The molecular weight excluding hydrogens is 641 g/mol. The Bertz CT molecular complexity index is 825. The largest absolute Gasteiger partial charge is 0.756 e. The molecule has 0 aromatic carbocycles. The number of phosphoric acid groups is 1. The summed E-state index contributed by atoms with van der Waals surface area (Å²) < 4.78 is 32.3. The third kappa shape index (κ3) is 36.3. The first-order valence-electron chi connectivity index (χ1n) is 20.1. The van der Waals surface area contributed by atoms with Gasteiger partial charge in [0.1, 0.15) is 6.61 Å². The molecule has 0 spiro atoms. The van der Waals surface area contributed by atoms with Crippen LogP contribution in [0.25, 0.3) is 0 Å². The van der Waals surface area contributed by atoms with Crippen LogP contribution in [-0.2, 0) is 32.7 Å². The fourth-order valence-electron chi connectivity index (χ4n) is 5.62. The van der Waals surface area contributed by atoms with Crippen LogP contribution in [0.4, 0.5) is 0 Å². The molecule has 0 radical (unpaired) electrons. The molecule has 0 aromatic heterocycles. The molecule has 0 aliphatic carbocycles. The van der Waals surface area contributed by atoms with Crippen molar-refractivity contribution < 1.29 is 37.6 Å². The van der Waals surface area contributed by atoms with Gasteiger partial charge in [0, 0.05) is 19.4 Å². The van der Waals surface area contributed by atoms with Crippen molar-refractivity contribution in [1.29, 1.82) is 0 Å². The number of allylic oxidation sites excluding steroid dienone is 2. The molecule has 2 atom stereocenters. The predicted octanol–water partition coefficient (Wildman–Crippen LogP) is 10.4. The zero-order valence-corrected chi connectivity index (χ0v) is 32.5. The molecule has 10 heteroatoms. The van der Waals surface area contributed by atoms with Crippen molar-refractivity contribution in [2.75, 3.05) is 26.4 Å². The van der Waals surface area contributed by atoms with Gasteiger partial charge in [-0.05, 0) is 38.5 Å². The van der Waals surface area contributed by atoms with Crippen LogP contribution in [0.1, 0.15) is 194 Å². The minimum Gasteiger partial charge on any atom is -0.756 e. The van der Waals surface area contributed by atoms with E-state index in [2.05, 4.69) is 30.5 Å². The lowest BCUT2D eigenvalue weighted by Crippen LogP contribution is -2.30. The van der Waals surface area contributed by atoms with E-state index in [4.69, 9.17) is 19.7 Å². The second kappa shape index (κ2) is 36.5. The average molecular weight is 717 g/mol. The number of carbonyl (C=O) groups is 2. The van der Waals surface area contributed by atoms with Gasteiger partial charge in [0.05, 0.1) is 13.2 Å². The van der Waals surface area contributed by atoms with Crippen LogP contribution in [0.5, 0.6) is 0 Å². The quantitative estimate of drug-likeness (QED) is 0.0286. The Labute approximate surface area is 300 Å². The van der Waals surface area contributed by atoms with Gasteiger partial charge in [0.15, 0.2) is 6.10 Å². The normalized spacial score (nSPS) is 13.5. The lowest BCUT2D eigenvalue weighted by molar-refractivity contribution is -0.228. The van der Waals surface area contributed by atoms with Crippen LogP contribution < -0.4 is 10.6 Å². The van der Waals surface area contributed by atoms with Crippen LogP contribution in [0.15, 0.2) is 12.2 Å². The SMILES string of the molecule is CCCCCCCC/C=C\CCCCCCCC(=O)O[C@@H](COC(=O)CCCCCCCCCCCCCCC)COP(=O)([O-])OCCN. The number of carbonyl (C=O) groups excluding carboxylic acids is 2. The summed E-state index contributed by atoms with van der Waals surface area (Å²) in [5, 5.41) is 0. The first-order chi connectivity index (χ1) is 23.8. The highest BCUT2D eigenvalue weighted by molar-refractivity contribution is 7.45. The van der Waals surface area contributed by atoms with Gasteiger partial charge in [0.2, 0.25) is 0 Å². The second-order valence-electron chi connectivity index (χ2n) is 13.5. The van der Waals surface area contributed by atoms with E-state index in [-0.39, 0.29) is 32.6 Å².